The highest BCUT2D eigenvalue weighted by molar-refractivity contribution is 5.79. The van der Waals surface area contributed by atoms with Gasteiger partial charge in [0.1, 0.15) is 5.75 Å². The van der Waals surface area contributed by atoms with Crippen molar-refractivity contribution in [2.75, 3.05) is 24.6 Å². The lowest BCUT2D eigenvalue weighted by atomic mass is 9.96. The minimum atomic E-state index is -4.38. The van der Waals surface area contributed by atoms with E-state index in [9.17, 15) is 18.0 Å². The summed E-state index contributed by atoms with van der Waals surface area (Å²) < 4.78 is 42.6. The van der Waals surface area contributed by atoms with Crippen molar-refractivity contribution in [1.82, 2.24) is 30.6 Å². The van der Waals surface area contributed by atoms with Crippen molar-refractivity contribution in [2.45, 2.75) is 25.6 Å². The van der Waals surface area contributed by atoms with Crippen molar-refractivity contribution >= 4 is 17.4 Å². The number of anilines is 1. The summed E-state index contributed by atoms with van der Waals surface area (Å²) in [6.07, 6.45) is -3.00. The second kappa shape index (κ2) is 8.74. The average Bonchev–Trinajstić information content (AvgIpc) is 3.24. The normalized spacial score (nSPS) is 15.3. The molecule has 3 heterocycles. The maximum Gasteiger partial charge on any atom is 0.422 e. The maximum atomic E-state index is 12.5. The number of benzene rings is 1. The molecule has 1 fully saturated rings. The Morgan fingerprint density at radius 2 is 1.87 bits per heavy atom. The van der Waals surface area contributed by atoms with Gasteiger partial charge in [0.15, 0.2) is 18.1 Å². The van der Waals surface area contributed by atoms with Gasteiger partial charge < -0.3 is 15.0 Å². The number of aromatic nitrogens is 5. The molecule has 0 atom stereocenters. The molecule has 0 bridgehead atoms. The van der Waals surface area contributed by atoms with Gasteiger partial charge in [0, 0.05) is 25.6 Å². The molecule has 12 heteroatoms. The Hall–Kier alpha value is -3.44. The fraction of sp³-hybridized carbons (Fsp3) is 0.421. The molecule has 4 rings (SSSR count). The first-order valence-electron chi connectivity index (χ1n) is 9.74. The number of tetrazole rings is 1. The first-order valence-corrected chi connectivity index (χ1v) is 9.74. The van der Waals surface area contributed by atoms with Gasteiger partial charge in [0.05, 0.1) is 0 Å². The molecule has 1 aliphatic heterocycles. The summed E-state index contributed by atoms with van der Waals surface area (Å²) in [5, 5.41) is 18.5. The number of fused-ring (bicyclic) bond motifs is 1. The molecule has 164 valence electrons. The van der Waals surface area contributed by atoms with E-state index in [-0.39, 0.29) is 17.6 Å². The molecule has 2 aromatic heterocycles. The number of carbonyl (C=O) groups excluding carboxylic acids is 1. The summed E-state index contributed by atoms with van der Waals surface area (Å²) in [7, 11) is 0. The largest absolute Gasteiger partial charge is 0.484 e. The van der Waals surface area contributed by atoms with Gasteiger partial charge in [-0.1, -0.05) is 12.1 Å². The van der Waals surface area contributed by atoms with Gasteiger partial charge in [-0.15, -0.1) is 14.8 Å². The van der Waals surface area contributed by atoms with Crippen LogP contribution in [0.15, 0.2) is 36.4 Å². The second-order valence-electron chi connectivity index (χ2n) is 7.24. The summed E-state index contributed by atoms with van der Waals surface area (Å²) in [5.41, 5.74) is 1.35. The molecule has 1 amide bonds. The number of nitrogens with one attached hydrogen (secondary N) is 1. The highest BCUT2D eigenvalue weighted by Crippen LogP contribution is 2.22. The van der Waals surface area contributed by atoms with Crippen LogP contribution in [0.4, 0.5) is 19.0 Å². The van der Waals surface area contributed by atoms with E-state index in [0.717, 1.165) is 11.4 Å². The molecule has 9 nitrogen and oxygen atoms in total. The van der Waals surface area contributed by atoms with Crippen molar-refractivity contribution in [2.24, 2.45) is 5.92 Å². The topological polar surface area (TPSA) is 97.5 Å². The van der Waals surface area contributed by atoms with E-state index in [1.165, 1.54) is 16.8 Å². The predicted molar refractivity (Wildman–Crippen MR) is 103 cm³/mol. The zero-order chi connectivity index (χ0) is 21.8. The standard InChI is InChI=1S/C19H20F3N7O2/c20-19(21,22)12-31-15-3-1-13(2-4-15)11-23-18(30)14-7-9-28(10-8-14)17-6-5-16-24-26-27-29(16)25-17/h1-6,14H,7-12H2,(H,23,30). The zero-order valence-corrected chi connectivity index (χ0v) is 16.4. The molecule has 1 N–H and O–H groups in total. The minimum absolute atomic E-state index is 0.0408. The Kier molecular flexibility index (Phi) is 5.87. The van der Waals surface area contributed by atoms with E-state index in [1.54, 1.807) is 18.2 Å². The number of hydrogen-bond donors (Lipinski definition) is 1. The molecule has 1 aromatic carbocycles. The summed E-state index contributed by atoms with van der Waals surface area (Å²) in [4.78, 5) is 14.6. The van der Waals surface area contributed by atoms with Gasteiger partial charge in [0.2, 0.25) is 5.91 Å². The number of halogens is 3. The fourth-order valence-electron chi connectivity index (χ4n) is 3.38. The number of amides is 1. The molecule has 0 radical (unpaired) electrons. The Balaban J connectivity index is 1.23. The first-order chi connectivity index (χ1) is 14.9. The van der Waals surface area contributed by atoms with Crippen LogP contribution in [0.5, 0.6) is 5.75 Å². The van der Waals surface area contributed by atoms with Crippen LogP contribution in [0.2, 0.25) is 0 Å². The average molecular weight is 435 g/mol. The summed E-state index contributed by atoms with van der Waals surface area (Å²) in [6, 6.07) is 9.83. The lowest BCUT2D eigenvalue weighted by molar-refractivity contribution is -0.153. The number of hydrogen-bond acceptors (Lipinski definition) is 7. The number of carbonyl (C=O) groups is 1. The highest BCUT2D eigenvalue weighted by Gasteiger charge is 2.28. The van der Waals surface area contributed by atoms with Crippen LogP contribution in [-0.2, 0) is 11.3 Å². The summed E-state index contributed by atoms with van der Waals surface area (Å²) in [6.45, 7) is 0.338. The van der Waals surface area contributed by atoms with Crippen LogP contribution in [-0.4, -0.2) is 57.0 Å². The van der Waals surface area contributed by atoms with Crippen LogP contribution in [0.25, 0.3) is 5.65 Å². The summed E-state index contributed by atoms with van der Waals surface area (Å²) >= 11 is 0. The third-order valence-corrected chi connectivity index (χ3v) is 5.04. The van der Waals surface area contributed by atoms with Crippen molar-refractivity contribution in [3.8, 4) is 5.75 Å². The van der Waals surface area contributed by atoms with Crippen molar-refractivity contribution in [1.29, 1.82) is 0 Å². The molecular weight excluding hydrogens is 415 g/mol. The van der Waals surface area contributed by atoms with Gasteiger partial charge in [0.25, 0.3) is 0 Å². The maximum absolute atomic E-state index is 12.5. The minimum Gasteiger partial charge on any atom is -0.484 e. The Morgan fingerprint density at radius 3 is 2.58 bits per heavy atom. The van der Waals surface area contributed by atoms with Crippen LogP contribution in [0, 0.1) is 5.92 Å². The lowest BCUT2D eigenvalue weighted by Gasteiger charge is -2.31. The smallest absolute Gasteiger partial charge is 0.422 e. The molecule has 31 heavy (non-hydrogen) atoms. The Bertz CT molecular complexity index is 1030. The third kappa shape index (κ3) is 5.38. The van der Waals surface area contributed by atoms with Crippen molar-refractivity contribution in [3.63, 3.8) is 0 Å². The van der Waals surface area contributed by atoms with Crippen molar-refractivity contribution in [3.05, 3.63) is 42.0 Å². The Labute approximate surface area is 175 Å². The number of rotatable bonds is 6. The summed E-state index contributed by atoms with van der Waals surface area (Å²) in [5.74, 6) is 0.739. The highest BCUT2D eigenvalue weighted by atomic mass is 19.4. The molecule has 0 saturated carbocycles. The molecule has 0 unspecified atom stereocenters. The molecule has 3 aromatic rings. The van der Waals surface area contributed by atoms with Crippen LogP contribution < -0.4 is 15.0 Å². The molecular formula is C19H20F3N7O2. The molecule has 0 aliphatic carbocycles. The van der Waals surface area contributed by atoms with Crippen LogP contribution in [0.1, 0.15) is 18.4 Å². The molecule has 1 saturated heterocycles. The first kappa shape index (κ1) is 20.8. The van der Waals surface area contributed by atoms with E-state index >= 15 is 0 Å². The van der Waals surface area contributed by atoms with E-state index in [2.05, 4.69) is 35.6 Å². The fourth-order valence-corrected chi connectivity index (χ4v) is 3.38. The molecule has 0 spiro atoms. The van der Waals surface area contributed by atoms with Crippen molar-refractivity contribution < 1.29 is 22.7 Å². The SMILES string of the molecule is O=C(NCc1ccc(OCC(F)(F)F)cc1)C1CCN(c2ccc3nnnn3n2)CC1. The van der Waals surface area contributed by atoms with E-state index in [0.29, 0.717) is 38.1 Å². The van der Waals surface area contributed by atoms with Gasteiger partial charge in [-0.3, -0.25) is 4.79 Å². The molecule has 1 aliphatic rings. The second-order valence-corrected chi connectivity index (χ2v) is 7.24. The van der Waals surface area contributed by atoms with E-state index in [1.807, 2.05) is 6.07 Å². The van der Waals surface area contributed by atoms with Gasteiger partial charge >= 0.3 is 6.18 Å². The quantitative estimate of drug-likeness (QED) is 0.632. The number of nitrogens with zero attached hydrogens (tertiary/aromatic N) is 6. The van der Waals surface area contributed by atoms with Crippen LogP contribution >= 0.6 is 0 Å². The van der Waals surface area contributed by atoms with Crippen LogP contribution in [0.3, 0.4) is 0 Å². The lowest BCUT2D eigenvalue weighted by Crippen LogP contribution is -2.40. The van der Waals surface area contributed by atoms with E-state index < -0.39 is 12.8 Å². The Morgan fingerprint density at radius 1 is 1.13 bits per heavy atom. The third-order valence-electron chi connectivity index (χ3n) is 5.04. The predicted octanol–water partition coefficient (Wildman–Crippen LogP) is 1.99. The van der Waals surface area contributed by atoms with Gasteiger partial charge in [-0.25, -0.2) is 0 Å². The number of ether oxygens (including phenoxy) is 1. The van der Waals surface area contributed by atoms with Gasteiger partial charge in [-0.2, -0.15) is 13.2 Å². The zero-order valence-electron chi connectivity index (χ0n) is 16.4. The number of piperidine rings is 1. The van der Waals surface area contributed by atoms with Gasteiger partial charge in [-0.05, 0) is 53.1 Å². The van der Waals surface area contributed by atoms with E-state index in [4.69, 9.17) is 0 Å². The monoisotopic (exact) mass is 435 g/mol. The number of alkyl halides is 3.